The fourth-order valence-corrected chi connectivity index (χ4v) is 14.8. The molecule has 4 heterocycles. The van der Waals surface area contributed by atoms with Crippen LogP contribution in [-0.2, 0) is 110 Å². The van der Waals surface area contributed by atoms with E-state index in [0.717, 1.165) is 0 Å². The van der Waals surface area contributed by atoms with Crippen LogP contribution in [0.3, 0.4) is 0 Å². The summed E-state index contributed by atoms with van der Waals surface area (Å²) in [6, 6.07) is 17.6. The predicted molar refractivity (Wildman–Crippen MR) is 459 cm³/mol. The Bertz CT molecular complexity index is 5090. The number of carboxylic acid groups (broad SMARTS) is 1. The molecule has 8 aromatic rings. The third kappa shape index (κ3) is 29.1. The number of para-hydroxylation sites is 2. The van der Waals surface area contributed by atoms with E-state index in [2.05, 4.69) is 89.1 Å². The Morgan fingerprint density at radius 1 is 0.584 bits per heavy atom. The van der Waals surface area contributed by atoms with Crippen molar-refractivity contribution >= 4 is 122 Å². The van der Waals surface area contributed by atoms with Gasteiger partial charge in [-0.05, 0) is 116 Å². The molecule has 39 heteroatoms. The lowest BCUT2D eigenvalue weighted by molar-refractivity contribution is -0.141. The van der Waals surface area contributed by atoms with Gasteiger partial charge in [0.1, 0.15) is 78.8 Å². The molecule has 666 valence electrons. The summed E-state index contributed by atoms with van der Waals surface area (Å²) in [5.41, 5.74) is 15.1. The van der Waals surface area contributed by atoms with E-state index in [1.807, 2.05) is 0 Å². The van der Waals surface area contributed by atoms with Crippen molar-refractivity contribution in [3.8, 4) is 5.75 Å². The Morgan fingerprint density at radius 3 is 1.82 bits per heavy atom. The van der Waals surface area contributed by atoms with Crippen LogP contribution >= 0.6 is 11.8 Å². The molecule has 3 aromatic heterocycles. The topological polar surface area (TPSA) is 595 Å². The molecule has 1 aliphatic rings. The Hall–Kier alpha value is -13.5. The number of aromatic hydroxyl groups is 1. The number of rotatable bonds is 38. The minimum Gasteiger partial charge on any atom is -0.508 e. The van der Waals surface area contributed by atoms with Gasteiger partial charge in [-0.1, -0.05) is 111 Å². The predicted octanol–water partition coefficient (Wildman–Crippen LogP) is -0.731. The number of hydrogen-bond acceptors (Lipinski definition) is 21. The first-order valence-corrected chi connectivity index (χ1v) is 42.0. The fraction of sp³-hybridized carbons (Fsp3) is 0.395. The monoisotopic (exact) mass is 1740 g/mol. The Labute approximate surface area is 723 Å². The molecular weight excluding hydrogens is 1640 g/mol. The number of imidazole rings is 1. The van der Waals surface area contributed by atoms with Gasteiger partial charge in [-0.15, -0.1) is 0 Å². The highest BCUT2D eigenvalue weighted by molar-refractivity contribution is 7.98. The van der Waals surface area contributed by atoms with Gasteiger partial charge in [-0.25, -0.2) is 4.98 Å². The number of ether oxygens (including phenoxy) is 1. The van der Waals surface area contributed by atoms with Crippen molar-refractivity contribution in [2.75, 3.05) is 38.6 Å². The lowest BCUT2D eigenvalue weighted by atomic mass is 9.99. The number of nitrogens with two attached hydrogens (primary N) is 2. The molecule has 38 nitrogen and oxygen atoms in total. The number of aliphatic hydroxyl groups excluding tert-OH is 1. The van der Waals surface area contributed by atoms with E-state index in [-0.39, 0.29) is 86.6 Å². The van der Waals surface area contributed by atoms with Crippen LogP contribution in [0.2, 0.25) is 0 Å². The summed E-state index contributed by atoms with van der Waals surface area (Å²) in [5.74, 6) is -14.9. The maximum Gasteiger partial charge on any atom is 0.305 e. The second-order valence-corrected chi connectivity index (χ2v) is 31.7. The van der Waals surface area contributed by atoms with Crippen LogP contribution in [0, 0.1) is 5.92 Å². The highest BCUT2D eigenvalue weighted by atomic mass is 32.2. The molecule has 0 fully saturated rings. The summed E-state index contributed by atoms with van der Waals surface area (Å²) in [7, 11) is 0. The van der Waals surface area contributed by atoms with E-state index in [1.165, 1.54) is 68.5 Å². The van der Waals surface area contributed by atoms with Crippen molar-refractivity contribution in [1.82, 2.24) is 89.1 Å². The van der Waals surface area contributed by atoms with Gasteiger partial charge in [-0.2, -0.15) is 11.8 Å². The Morgan fingerprint density at radius 2 is 1.18 bits per heavy atom. The molecular formula is C86H107N19O19S. The number of nitrogens with zero attached hydrogens (tertiary/aromatic N) is 1. The van der Waals surface area contributed by atoms with Gasteiger partial charge in [-0.3, -0.25) is 71.9 Å². The number of phenolic OH excluding ortho intramolecular Hbond substituents is 1. The molecule has 23 N–H and O–H groups in total. The third-order valence-electron chi connectivity index (χ3n) is 20.6. The van der Waals surface area contributed by atoms with Gasteiger partial charge >= 0.3 is 5.97 Å². The zero-order valence-electron chi connectivity index (χ0n) is 69.3. The van der Waals surface area contributed by atoms with Crippen LogP contribution in [0.1, 0.15) is 104 Å². The second-order valence-electron chi connectivity index (χ2n) is 30.6. The van der Waals surface area contributed by atoms with E-state index in [0.29, 0.717) is 69.0 Å². The van der Waals surface area contributed by atoms with Gasteiger partial charge in [0.05, 0.1) is 32.0 Å². The molecule has 9 rings (SSSR count). The number of H-pyrrole nitrogens is 3. The Balaban J connectivity index is 0.972. The first kappa shape index (κ1) is 95.3. The summed E-state index contributed by atoms with van der Waals surface area (Å²) >= 11 is 1.23. The Kier molecular flexibility index (Phi) is 36.0. The summed E-state index contributed by atoms with van der Waals surface area (Å²) in [6.45, 7) is 4.79. The highest BCUT2D eigenvalue weighted by Crippen LogP contribution is 2.24. The van der Waals surface area contributed by atoms with E-state index in [4.69, 9.17) is 16.2 Å². The van der Waals surface area contributed by atoms with Crippen molar-refractivity contribution in [3.05, 3.63) is 191 Å². The van der Waals surface area contributed by atoms with Crippen molar-refractivity contribution < 1.29 is 92.0 Å². The zero-order valence-corrected chi connectivity index (χ0v) is 70.2. The van der Waals surface area contributed by atoms with Crippen LogP contribution in [0.4, 0.5) is 0 Å². The standard InChI is InChI=1S/C86H107N19O19S/c1-47(2)73-85(122)97-63(29-33-125-45-52-18-8-9-21-59(52)77(114)95-48(3)76(113)98-69(39-72(110)111)82(119)101-67(83(120)104-73)37-54-41-92-61-23-13-11-20-58(54)61)79(116)99-65(35-51-25-27-56(107)28-26-51)80(117)100-66(36-53-40-91-60-22-12-10-19-57(53)60)81(118)102-68(38-55-42-89-46-94-55)84(121)105-74(49(4)106)86(123)103-64(34-50-16-6-5-7-17-50)78(115)93-43-70(108)90-31-32-124-44-71(109)96-62(75(88)112)24-14-15-30-87/h5-13,16-23,25-28,40-42,46-49,62-69,73-74,91-92,106-107H,14-15,24,29-39,43-45,87H2,1-4H3,(H2,88,112)(H,89,94)(H,90,108)(H,93,115)(H,95,114)(H,96,109)(H,97,122)(H,98,113)(H,99,116)(H,100,117)(H,101,119)(H,102,118)(H,103,123)(H,104,120)(H,105,121)(H,110,111)/t48-,49+,62+,63-,64-,65-,66-,67-,68-,69-,73-,74-/m0/s1. The molecule has 0 aliphatic carbocycles. The lowest BCUT2D eigenvalue weighted by Crippen LogP contribution is -2.62. The molecule has 0 spiro atoms. The number of nitrogens with one attached hydrogen (secondary N) is 16. The van der Waals surface area contributed by atoms with Gasteiger partial charge < -0.3 is 116 Å². The van der Waals surface area contributed by atoms with Crippen LogP contribution in [-0.4, -0.2) is 235 Å². The average molecular weight is 1740 g/mol. The number of aliphatic hydroxyl groups is 1. The highest BCUT2D eigenvalue weighted by Gasteiger charge is 2.39. The van der Waals surface area contributed by atoms with E-state index < -0.39 is 187 Å². The smallest absolute Gasteiger partial charge is 0.305 e. The number of benzene rings is 5. The minimum atomic E-state index is -1.85. The number of thioether (sulfide) groups is 1. The quantitative estimate of drug-likeness (QED) is 0.0212. The third-order valence-corrected chi connectivity index (χ3v) is 21.7. The molecule has 0 radical (unpaired) electrons. The number of aliphatic carboxylic acids is 1. The maximum absolute atomic E-state index is 15.6. The lowest BCUT2D eigenvalue weighted by Gasteiger charge is -2.29. The average Bonchev–Trinajstić information content (AvgIpc) is 1.73. The first-order valence-electron chi connectivity index (χ1n) is 40.8. The second kappa shape index (κ2) is 47.2. The van der Waals surface area contributed by atoms with Gasteiger partial charge in [0, 0.05) is 96.1 Å². The summed E-state index contributed by atoms with van der Waals surface area (Å²) < 4.78 is 5.36. The fourth-order valence-electron chi connectivity index (χ4n) is 13.8. The number of amides is 14. The SMILES string of the molecule is CC(C)[C@@H]1NC(=O)[C@H](Cc2c[nH]c3ccccc23)NC(=O)[C@H](CC(=O)O)NC(=O)[C@H](C)NC(=O)c2ccccc2CSCC[C@@H](C(=O)N[C@@H](Cc2ccc(O)cc2)C(=O)N[C@@H](Cc2c[nH]c3ccccc23)C(=O)N[C@@H](Cc2cnc[nH]2)C(=O)N[C@H](C(=O)N[C@@H](Cc2ccccc2)C(=O)NCC(=O)NCCOCC(=O)N[C@H](CCCCN)C(N)=O)[C@@H](C)O)NC1=O. The molecule has 1 aliphatic heterocycles. The van der Waals surface area contributed by atoms with Crippen molar-refractivity contribution in [3.63, 3.8) is 0 Å². The maximum atomic E-state index is 15.6. The van der Waals surface area contributed by atoms with Crippen LogP contribution in [0.15, 0.2) is 152 Å². The molecule has 12 atom stereocenters. The molecule has 0 unspecified atom stereocenters. The summed E-state index contributed by atoms with van der Waals surface area (Å²) in [4.78, 5) is 226. The number of carbonyl (C=O) groups excluding carboxylic acids is 14. The number of carbonyl (C=O) groups is 15. The van der Waals surface area contributed by atoms with E-state index in [9.17, 15) is 63.3 Å². The number of unbranched alkanes of at least 4 members (excludes halogenated alkanes) is 1. The number of aromatic amines is 3. The number of carboxylic acids is 1. The number of phenols is 1. The summed E-state index contributed by atoms with van der Waals surface area (Å²) in [6.07, 6.45) is 3.06. The molecule has 0 bridgehead atoms. The van der Waals surface area contributed by atoms with Crippen molar-refractivity contribution in [2.45, 2.75) is 170 Å². The number of aromatic nitrogens is 4. The van der Waals surface area contributed by atoms with Crippen LogP contribution < -0.4 is 80.6 Å². The van der Waals surface area contributed by atoms with Crippen LogP contribution in [0.25, 0.3) is 21.8 Å². The number of hydrogen-bond donors (Lipinski definition) is 21. The normalized spacial score (nSPS) is 17.8. The molecule has 125 heavy (non-hydrogen) atoms. The molecule has 0 saturated carbocycles. The van der Waals surface area contributed by atoms with Crippen molar-refractivity contribution in [1.29, 1.82) is 0 Å². The van der Waals surface area contributed by atoms with Gasteiger partial charge in [0.2, 0.25) is 76.8 Å². The van der Waals surface area contributed by atoms with E-state index >= 15 is 24.0 Å². The summed E-state index contributed by atoms with van der Waals surface area (Å²) in [5, 5.41) is 67.2. The first-order chi connectivity index (χ1) is 59.9. The van der Waals surface area contributed by atoms with Gasteiger partial charge in [0.25, 0.3) is 5.91 Å². The molecule has 0 saturated heterocycles. The molecule has 14 amide bonds. The number of fused-ring (bicyclic) bond motifs is 3. The largest absolute Gasteiger partial charge is 0.508 e. The number of primary amides is 1. The molecule has 5 aromatic carbocycles. The van der Waals surface area contributed by atoms with Crippen LogP contribution in [0.5, 0.6) is 5.75 Å². The van der Waals surface area contributed by atoms with Crippen molar-refractivity contribution in [2.24, 2.45) is 17.4 Å². The van der Waals surface area contributed by atoms with E-state index in [1.54, 1.807) is 123 Å². The zero-order chi connectivity index (χ0) is 90.2. The van der Waals surface area contributed by atoms with Gasteiger partial charge in [0.15, 0.2) is 0 Å². The minimum absolute atomic E-state index is 0.0629.